The van der Waals surface area contributed by atoms with Gasteiger partial charge in [-0.2, -0.15) is 13.2 Å². The van der Waals surface area contributed by atoms with E-state index in [9.17, 15) is 23.1 Å². The van der Waals surface area contributed by atoms with Crippen LogP contribution in [-0.4, -0.2) is 74.2 Å². The van der Waals surface area contributed by atoms with E-state index in [0.29, 0.717) is 48.2 Å². The van der Waals surface area contributed by atoms with Gasteiger partial charge < -0.3 is 29.4 Å². The van der Waals surface area contributed by atoms with Gasteiger partial charge in [0.1, 0.15) is 36.9 Å². The molecule has 1 amide bonds. The summed E-state index contributed by atoms with van der Waals surface area (Å²) < 4.78 is 62.5. The molecule has 0 radical (unpaired) electrons. The highest BCUT2D eigenvalue weighted by Gasteiger charge is 2.46. The molecule has 1 fully saturated rings. The minimum absolute atomic E-state index is 0.0139. The molecule has 3 atom stereocenters. The van der Waals surface area contributed by atoms with E-state index >= 15 is 0 Å². The second-order valence-corrected chi connectivity index (χ2v) is 8.99. The van der Waals surface area contributed by atoms with E-state index in [-0.39, 0.29) is 32.5 Å². The number of amides is 1. The average molecular weight is 525 g/mol. The summed E-state index contributed by atoms with van der Waals surface area (Å²) in [7, 11) is 1.55. The Bertz CT molecular complexity index is 1050. The Balaban J connectivity index is 1.43. The van der Waals surface area contributed by atoms with Crippen molar-refractivity contribution in [1.29, 1.82) is 0 Å². The molecule has 8 nitrogen and oxygen atoms in total. The molecule has 0 aliphatic carbocycles. The molecule has 0 unspecified atom stereocenters. The summed E-state index contributed by atoms with van der Waals surface area (Å²) in [5.41, 5.74) is 0.409. The van der Waals surface area contributed by atoms with Crippen molar-refractivity contribution < 1.29 is 42.0 Å². The zero-order chi connectivity index (χ0) is 26.4. The minimum Gasteiger partial charge on any atom is -0.497 e. The summed E-state index contributed by atoms with van der Waals surface area (Å²) in [5, 5.41) is 13.9. The molecule has 202 valence electrons. The van der Waals surface area contributed by atoms with Crippen LogP contribution in [0.2, 0.25) is 0 Å². The zero-order valence-corrected chi connectivity index (χ0v) is 20.5. The van der Waals surface area contributed by atoms with Gasteiger partial charge in [-0.25, -0.2) is 0 Å². The smallest absolute Gasteiger partial charge is 0.404 e. The van der Waals surface area contributed by atoms with Gasteiger partial charge in [0.25, 0.3) is 0 Å². The zero-order valence-electron chi connectivity index (χ0n) is 20.5. The molecule has 0 saturated carbocycles. The topological polar surface area (TPSA) is 89.5 Å². The molecule has 4 rings (SSSR count). The number of benzene rings is 2. The maximum Gasteiger partial charge on any atom is 0.404 e. The van der Waals surface area contributed by atoms with Gasteiger partial charge in [-0.15, -0.1) is 0 Å². The fraction of sp³-hybridized carbons (Fsp3) is 0.500. The first kappa shape index (κ1) is 26.9. The quantitative estimate of drug-likeness (QED) is 0.492. The van der Waals surface area contributed by atoms with Crippen molar-refractivity contribution in [2.24, 2.45) is 0 Å². The van der Waals surface area contributed by atoms with E-state index in [1.165, 1.54) is 4.90 Å². The molecule has 0 spiro atoms. The van der Waals surface area contributed by atoms with Gasteiger partial charge in [0.2, 0.25) is 5.91 Å². The van der Waals surface area contributed by atoms with Gasteiger partial charge in [0.15, 0.2) is 11.5 Å². The monoisotopic (exact) mass is 524 g/mol. The van der Waals surface area contributed by atoms with Gasteiger partial charge in [-0.05, 0) is 61.3 Å². The van der Waals surface area contributed by atoms with Crippen molar-refractivity contribution in [3.63, 3.8) is 0 Å². The number of fused-ring (bicyclic) bond motifs is 1. The van der Waals surface area contributed by atoms with Crippen LogP contribution in [-0.2, 0) is 4.79 Å². The number of halogens is 3. The van der Waals surface area contributed by atoms with Gasteiger partial charge >= 0.3 is 6.18 Å². The van der Waals surface area contributed by atoms with E-state index in [1.54, 1.807) is 49.6 Å². The number of hydrogen-bond donors (Lipinski definition) is 2. The number of carbonyl (C=O) groups excluding carboxylic acids is 1. The summed E-state index contributed by atoms with van der Waals surface area (Å²) >= 11 is 0. The van der Waals surface area contributed by atoms with Crippen LogP contribution in [0.3, 0.4) is 0 Å². The summed E-state index contributed by atoms with van der Waals surface area (Å²) in [6.07, 6.45) is -5.32. The number of methoxy groups -OCH3 is 1. The molecule has 2 aromatic rings. The lowest BCUT2D eigenvalue weighted by atomic mass is 10.00. The van der Waals surface area contributed by atoms with Crippen molar-refractivity contribution in [3.05, 3.63) is 48.0 Å². The number of alkyl halides is 3. The molecule has 2 heterocycles. The van der Waals surface area contributed by atoms with Crippen molar-refractivity contribution in [3.8, 4) is 23.0 Å². The average Bonchev–Trinajstić information content (AvgIpc) is 3.37. The number of carbonyl (C=O) groups is 1. The molecular weight excluding hydrogens is 493 g/mol. The second kappa shape index (κ2) is 11.9. The molecule has 0 bridgehead atoms. The first-order chi connectivity index (χ1) is 17.7. The van der Waals surface area contributed by atoms with Crippen LogP contribution >= 0.6 is 0 Å². The molecule has 0 aromatic heterocycles. The predicted octanol–water partition coefficient (Wildman–Crippen LogP) is 3.48. The minimum atomic E-state index is -4.39. The van der Waals surface area contributed by atoms with Crippen LogP contribution < -0.4 is 24.3 Å². The van der Waals surface area contributed by atoms with E-state index < -0.39 is 30.3 Å². The van der Waals surface area contributed by atoms with Crippen LogP contribution in [0, 0.1) is 0 Å². The molecular formula is C26H31F3N2O6. The second-order valence-electron chi connectivity index (χ2n) is 8.99. The van der Waals surface area contributed by atoms with Crippen LogP contribution in [0.5, 0.6) is 23.0 Å². The standard InChI is InChI=1S/C26H31F3N2O6/c1-34-18-5-7-19(8-6-18)35-12-10-24(32)30-20(16-31-11-2-3-23(31)26(27,28)29)25(33)17-4-9-21-22(15-17)37-14-13-36-21/h4-9,15,20,23,25,33H,2-3,10-14,16H2,1H3,(H,30,32)/t20-,23+,25-/m1/s1. The molecule has 37 heavy (non-hydrogen) atoms. The summed E-state index contributed by atoms with van der Waals surface area (Å²) in [4.78, 5) is 14.0. The Morgan fingerprint density at radius 1 is 1.14 bits per heavy atom. The summed E-state index contributed by atoms with van der Waals surface area (Å²) in [6.45, 7) is 0.873. The number of nitrogens with one attached hydrogen (secondary N) is 1. The summed E-state index contributed by atoms with van der Waals surface area (Å²) in [6, 6.07) is 9.11. The molecule has 1 saturated heterocycles. The van der Waals surface area contributed by atoms with E-state index in [2.05, 4.69) is 5.32 Å². The number of rotatable bonds is 10. The van der Waals surface area contributed by atoms with Gasteiger partial charge in [0.05, 0.1) is 26.2 Å². The fourth-order valence-corrected chi connectivity index (χ4v) is 4.58. The van der Waals surface area contributed by atoms with Gasteiger partial charge in [0, 0.05) is 6.54 Å². The number of aliphatic hydroxyl groups excluding tert-OH is 1. The Kier molecular flexibility index (Phi) is 8.65. The first-order valence-electron chi connectivity index (χ1n) is 12.2. The van der Waals surface area contributed by atoms with Crippen LogP contribution in [0.15, 0.2) is 42.5 Å². The maximum absolute atomic E-state index is 13.6. The Morgan fingerprint density at radius 2 is 1.84 bits per heavy atom. The predicted molar refractivity (Wildman–Crippen MR) is 128 cm³/mol. The number of hydrogen-bond acceptors (Lipinski definition) is 7. The molecule has 2 aliphatic heterocycles. The summed E-state index contributed by atoms with van der Waals surface area (Å²) in [5.74, 6) is 1.73. The Morgan fingerprint density at radius 3 is 2.54 bits per heavy atom. The highest BCUT2D eigenvalue weighted by molar-refractivity contribution is 5.76. The lowest BCUT2D eigenvalue weighted by Crippen LogP contribution is -2.51. The lowest BCUT2D eigenvalue weighted by molar-refractivity contribution is -0.177. The molecule has 11 heteroatoms. The maximum atomic E-state index is 13.6. The normalized spacial score (nSPS) is 19.2. The van der Waals surface area contributed by atoms with E-state index in [4.69, 9.17) is 18.9 Å². The third kappa shape index (κ3) is 6.98. The van der Waals surface area contributed by atoms with Gasteiger partial charge in [-0.3, -0.25) is 9.69 Å². The van der Waals surface area contributed by atoms with Crippen LogP contribution in [0.1, 0.15) is 30.9 Å². The highest BCUT2D eigenvalue weighted by atomic mass is 19.4. The van der Waals surface area contributed by atoms with Crippen molar-refractivity contribution in [2.45, 2.75) is 43.6 Å². The number of likely N-dealkylation sites (tertiary alicyclic amines) is 1. The fourth-order valence-electron chi connectivity index (χ4n) is 4.58. The third-order valence-corrected chi connectivity index (χ3v) is 6.47. The number of nitrogens with zero attached hydrogens (tertiary/aromatic N) is 1. The third-order valence-electron chi connectivity index (χ3n) is 6.47. The van der Waals surface area contributed by atoms with Crippen molar-refractivity contribution in [1.82, 2.24) is 10.2 Å². The Labute approximate surface area is 213 Å². The van der Waals surface area contributed by atoms with E-state index in [0.717, 1.165) is 0 Å². The SMILES string of the molecule is COc1ccc(OCCC(=O)N[C@H](CN2CCC[C@H]2C(F)(F)F)[C@H](O)c2ccc3c(c2)OCCO3)cc1. The highest BCUT2D eigenvalue weighted by Crippen LogP contribution is 2.36. The largest absolute Gasteiger partial charge is 0.497 e. The van der Waals surface area contributed by atoms with Crippen molar-refractivity contribution >= 4 is 5.91 Å². The van der Waals surface area contributed by atoms with Crippen LogP contribution in [0.25, 0.3) is 0 Å². The number of ether oxygens (including phenoxy) is 4. The molecule has 2 aromatic carbocycles. The lowest BCUT2D eigenvalue weighted by Gasteiger charge is -2.33. The molecule has 2 N–H and O–H groups in total. The van der Waals surface area contributed by atoms with Gasteiger partial charge in [-0.1, -0.05) is 6.07 Å². The van der Waals surface area contributed by atoms with E-state index in [1.807, 2.05) is 0 Å². The first-order valence-corrected chi connectivity index (χ1v) is 12.2. The Hall–Kier alpha value is -3.18. The molecule has 2 aliphatic rings. The number of aliphatic hydroxyl groups is 1. The van der Waals surface area contributed by atoms with Crippen molar-refractivity contribution in [2.75, 3.05) is 40.0 Å². The van der Waals surface area contributed by atoms with Crippen LogP contribution in [0.4, 0.5) is 13.2 Å².